The lowest BCUT2D eigenvalue weighted by Gasteiger charge is -2.12. The molecule has 0 saturated heterocycles. The summed E-state index contributed by atoms with van der Waals surface area (Å²) in [7, 11) is 3.86. The Morgan fingerprint density at radius 1 is 1.05 bits per heavy atom. The van der Waals surface area contributed by atoms with Gasteiger partial charge in [-0.05, 0) is 48.9 Å². The Labute approximate surface area is 238 Å². The fourth-order valence-electron chi connectivity index (χ4n) is 4.16. The first-order valence-corrected chi connectivity index (χ1v) is 13.1. The predicted octanol–water partition coefficient (Wildman–Crippen LogP) is 5.93. The van der Waals surface area contributed by atoms with E-state index in [0.29, 0.717) is 28.1 Å². The van der Waals surface area contributed by atoms with Gasteiger partial charge in [-0.2, -0.15) is 10.4 Å². The van der Waals surface area contributed by atoms with Gasteiger partial charge in [-0.25, -0.2) is 28.0 Å². The molecule has 0 N–H and O–H groups in total. The number of thioether (sulfide) groups is 1. The van der Waals surface area contributed by atoms with Crippen LogP contribution in [0.5, 0.6) is 5.75 Å². The summed E-state index contributed by atoms with van der Waals surface area (Å²) < 4.78 is 43.6. The van der Waals surface area contributed by atoms with Crippen LogP contribution in [0.3, 0.4) is 0 Å². The molecule has 0 unspecified atom stereocenters. The zero-order valence-electron chi connectivity index (χ0n) is 22.5. The van der Waals surface area contributed by atoms with Gasteiger partial charge in [0.15, 0.2) is 5.69 Å². The Balaban J connectivity index is 1.85. The zero-order valence-corrected chi connectivity index (χ0v) is 23.3. The minimum absolute atomic E-state index is 0.0966. The van der Waals surface area contributed by atoms with Crippen molar-refractivity contribution in [3.8, 4) is 28.8 Å². The maximum atomic E-state index is 13.4. The minimum atomic E-state index is -2.79. The average molecular weight is 579 g/mol. The third kappa shape index (κ3) is 5.90. The number of aryl methyl sites for hydroxylation is 1. The largest absolute Gasteiger partial charge is 0.496 e. The van der Waals surface area contributed by atoms with Crippen LogP contribution < -0.4 is 4.74 Å². The van der Waals surface area contributed by atoms with Crippen LogP contribution in [0.25, 0.3) is 16.9 Å². The van der Waals surface area contributed by atoms with E-state index in [-0.39, 0.29) is 33.3 Å². The number of para-hydroxylation sites is 1. The van der Waals surface area contributed by atoms with E-state index in [4.69, 9.17) is 14.2 Å². The van der Waals surface area contributed by atoms with Gasteiger partial charge in [0.2, 0.25) is 0 Å². The number of methoxy groups -OCH3 is 3. The second-order valence-corrected chi connectivity index (χ2v) is 9.54. The number of hydrogen-bond acceptors (Lipinski definition) is 9. The fourth-order valence-corrected chi connectivity index (χ4v) is 5.20. The van der Waals surface area contributed by atoms with Gasteiger partial charge in [-0.1, -0.05) is 18.2 Å². The van der Waals surface area contributed by atoms with E-state index in [1.54, 1.807) is 55.5 Å². The zero-order chi connectivity index (χ0) is 29.7. The first-order chi connectivity index (χ1) is 19.7. The first-order valence-electron chi connectivity index (χ1n) is 12.1. The van der Waals surface area contributed by atoms with E-state index in [2.05, 4.69) is 10.1 Å². The van der Waals surface area contributed by atoms with Gasteiger partial charge < -0.3 is 14.2 Å². The molecule has 210 valence electrons. The summed E-state index contributed by atoms with van der Waals surface area (Å²) in [6.07, 6.45) is -2.79. The number of nitrogens with zero attached hydrogens (tertiary/aromatic N) is 4. The van der Waals surface area contributed by atoms with Crippen molar-refractivity contribution < 1.29 is 32.6 Å². The molecular formula is C29H24F2N4O5S. The third-order valence-electron chi connectivity index (χ3n) is 6.11. The highest BCUT2D eigenvalue weighted by Gasteiger charge is 2.31. The number of pyridine rings is 1. The number of ether oxygens (including phenoxy) is 3. The van der Waals surface area contributed by atoms with Crippen molar-refractivity contribution in [2.75, 3.05) is 21.3 Å². The van der Waals surface area contributed by atoms with Gasteiger partial charge in [0.25, 0.3) is 6.43 Å². The Morgan fingerprint density at radius 2 is 1.76 bits per heavy atom. The van der Waals surface area contributed by atoms with Crippen LogP contribution in [0.4, 0.5) is 8.78 Å². The van der Waals surface area contributed by atoms with Gasteiger partial charge in [0.05, 0.1) is 32.6 Å². The quantitative estimate of drug-likeness (QED) is 0.176. The number of rotatable bonds is 9. The van der Waals surface area contributed by atoms with Crippen molar-refractivity contribution in [3.05, 3.63) is 88.2 Å². The molecule has 0 aliphatic rings. The Hall–Kier alpha value is -4.76. The van der Waals surface area contributed by atoms with Crippen LogP contribution >= 0.6 is 11.8 Å². The van der Waals surface area contributed by atoms with E-state index in [9.17, 15) is 23.6 Å². The van der Waals surface area contributed by atoms with Gasteiger partial charge in [-0.3, -0.25) is 0 Å². The summed E-state index contributed by atoms with van der Waals surface area (Å²) in [4.78, 5) is 29.9. The Morgan fingerprint density at radius 3 is 2.37 bits per heavy atom. The lowest BCUT2D eigenvalue weighted by atomic mass is 10.0. The number of aromatic nitrogens is 3. The maximum absolute atomic E-state index is 13.4. The van der Waals surface area contributed by atoms with Crippen molar-refractivity contribution in [1.29, 1.82) is 5.26 Å². The summed E-state index contributed by atoms with van der Waals surface area (Å²) in [6, 6.07) is 17.0. The number of halogens is 2. The van der Waals surface area contributed by atoms with Crippen molar-refractivity contribution in [3.63, 3.8) is 0 Å². The molecule has 0 saturated carbocycles. The molecule has 2 aromatic heterocycles. The number of hydrogen-bond donors (Lipinski definition) is 0. The van der Waals surface area contributed by atoms with Crippen LogP contribution in [0.1, 0.15) is 49.7 Å². The molecule has 0 amide bonds. The number of alkyl halides is 2. The average Bonchev–Trinajstić information content (AvgIpc) is 3.40. The van der Waals surface area contributed by atoms with Crippen LogP contribution in [0.15, 0.2) is 59.6 Å². The highest BCUT2D eigenvalue weighted by molar-refractivity contribution is 7.98. The summed E-state index contributed by atoms with van der Waals surface area (Å²) in [5.41, 5.74) is 1.68. The van der Waals surface area contributed by atoms with E-state index in [0.717, 1.165) is 11.8 Å². The number of benzene rings is 2. The molecular weight excluding hydrogens is 554 g/mol. The summed E-state index contributed by atoms with van der Waals surface area (Å²) in [6.45, 7) is 1.58. The lowest BCUT2D eigenvalue weighted by molar-refractivity contribution is 0.0549. The fraction of sp³-hybridized carbons (Fsp3) is 0.207. The molecule has 0 atom stereocenters. The monoisotopic (exact) mass is 578 g/mol. The van der Waals surface area contributed by atoms with E-state index in [1.165, 1.54) is 32.1 Å². The molecule has 0 bridgehead atoms. The molecule has 12 heteroatoms. The Kier molecular flexibility index (Phi) is 8.99. The molecule has 4 aromatic rings. The van der Waals surface area contributed by atoms with Gasteiger partial charge in [0.1, 0.15) is 33.8 Å². The Bertz CT molecular complexity index is 1650. The van der Waals surface area contributed by atoms with E-state index < -0.39 is 24.1 Å². The van der Waals surface area contributed by atoms with Crippen molar-refractivity contribution in [2.45, 2.75) is 24.1 Å². The smallest absolute Gasteiger partial charge is 0.357 e. The predicted molar refractivity (Wildman–Crippen MR) is 146 cm³/mol. The number of carbonyl (C=O) groups is 2. The first kappa shape index (κ1) is 29.2. The van der Waals surface area contributed by atoms with Crippen molar-refractivity contribution in [1.82, 2.24) is 14.8 Å². The number of esters is 2. The van der Waals surface area contributed by atoms with Crippen LogP contribution in [-0.4, -0.2) is 48.0 Å². The molecule has 41 heavy (non-hydrogen) atoms. The van der Waals surface area contributed by atoms with Gasteiger partial charge in [-0.15, -0.1) is 11.8 Å². The molecule has 0 spiro atoms. The van der Waals surface area contributed by atoms with Crippen LogP contribution in [-0.2, 0) is 15.2 Å². The third-order valence-corrected chi connectivity index (χ3v) is 7.14. The van der Waals surface area contributed by atoms with E-state index >= 15 is 0 Å². The molecule has 4 rings (SSSR count). The standard InChI is InChI=1S/C29H24F2N4O5S/c1-16-12-21(26(30)31)33-27(20(16)14-32)41-15-18-13-17(10-11-22(18)38-2)24-23(28(36)39-3)25(29(37)40-4)35(34-24)19-8-6-5-7-9-19/h5-13,26H,15H2,1-4H3. The second kappa shape index (κ2) is 12.6. The molecule has 0 radical (unpaired) electrons. The molecule has 2 heterocycles. The van der Waals surface area contributed by atoms with Crippen LogP contribution in [0.2, 0.25) is 0 Å². The summed E-state index contributed by atoms with van der Waals surface area (Å²) in [5, 5.41) is 14.4. The molecule has 9 nitrogen and oxygen atoms in total. The normalized spacial score (nSPS) is 10.8. The lowest BCUT2D eigenvalue weighted by Crippen LogP contribution is -2.15. The molecule has 0 aliphatic carbocycles. The van der Waals surface area contributed by atoms with Crippen molar-refractivity contribution in [2.24, 2.45) is 0 Å². The van der Waals surface area contributed by atoms with Gasteiger partial charge in [0, 0.05) is 16.9 Å². The minimum Gasteiger partial charge on any atom is -0.496 e. The van der Waals surface area contributed by atoms with Crippen LogP contribution in [0, 0.1) is 18.3 Å². The SMILES string of the molecule is COC(=O)c1c(-c2ccc(OC)c(CSc3nc(C(F)F)cc(C)c3C#N)c2)nn(-c2ccccc2)c1C(=O)OC. The highest BCUT2D eigenvalue weighted by atomic mass is 32.2. The van der Waals surface area contributed by atoms with Gasteiger partial charge >= 0.3 is 11.9 Å². The number of nitriles is 1. The number of carbonyl (C=O) groups excluding carboxylic acids is 2. The summed E-state index contributed by atoms with van der Waals surface area (Å²) in [5.74, 6) is -0.934. The topological polar surface area (TPSA) is 116 Å². The molecule has 2 aromatic carbocycles. The second-order valence-electron chi connectivity index (χ2n) is 8.57. The van der Waals surface area contributed by atoms with E-state index in [1.807, 2.05) is 6.07 Å². The molecule has 0 fully saturated rings. The maximum Gasteiger partial charge on any atom is 0.357 e. The van der Waals surface area contributed by atoms with Crippen molar-refractivity contribution >= 4 is 23.7 Å². The highest BCUT2D eigenvalue weighted by Crippen LogP contribution is 2.36. The molecule has 0 aliphatic heterocycles. The summed E-state index contributed by atoms with van der Waals surface area (Å²) >= 11 is 1.09.